The Morgan fingerprint density at radius 1 is 1.38 bits per heavy atom. The van der Waals surface area contributed by atoms with Gasteiger partial charge >= 0.3 is 6.18 Å². The van der Waals surface area contributed by atoms with E-state index in [0.717, 1.165) is 0 Å². The Bertz CT molecular complexity index is 179. The number of aliphatic hydroxyl groups is 2. The molecule has 1 fully saturated rings. The summed E-state index contributed by atoms with van der Waals surface area (Å²) in [4.78, 5) is 0. The van der Waals surface area contributed by atoms with E-state index in [4.69, 9.17) is 10.2 Å². The summed E-state index contributed by atoms with van der Waals surface area (Å²) in [6, 6.07) is 0. The summed E-state index contributed by atoms with van der Waals surface area (Å²) >= 11 is 0. The number of rotatable bonds is 4. The molecular weight excluding hydrogens is 187 g/mol. The molecular formula is C7H12F3NO2. The minimum absolute atomic E-state index is 0.0502. The zero-order valence-corrected chi connectivity index (χ0v) is 6.93. The molecule has 0 saturated heterocycles. The highest BCUT2D eigenvalue weighted by atomic mass is 19.4. The van der Waals surface area contributed by atoms with Crippen LogP contribution in [0.4, 0.5) is 13.2 Å². The normalized spacial score (nSPS) is 22.8. The lowest BCUT2D eigenvalue weighted by Gasteiger charge is -2.21. The zero-order valence-electron chi connectivity index (χ0n) is 6.93. The van der Waals surface area contributed by atoms with Gasteiger partial charge in [-0.05, 0) is 12.8 Å². The van der Waals surface area contributed by atoms with Crippen molar-refractivity contribution in [2.24, 2.45) is 0 Å². The first-order valence-corrected chi connectivity index (χ1v) is 4.02. The Balaban J connectivity index is 2.36. The molecule has 0 heterocycles. The van der Waals surface area contributed by atoms with Crippen LogP contribution in [0.3, 0.4) is 0 Å². The van der Waals surface area contributed by atoms with E-state index in [9.17, 15) is 13.2 Å². The average Bonchev–Trinajstić information content (AvgIpc) is 2.79. The third-order valence-electron chi connectivity index (χ3n) is 2.18. The van der Waals surface area contributed by atoms with Crippen molar-refractivity contribution in [1.82, 2.24) is 5.32 Å². The summed E-state index contributed by atoms with van der Waals surface area (Å²) in [6.45, 7) is -0.753. The van der Waals surface area contributed by atoms with Crippen molar-refractivity contribution in [2.75, 3.05) is 13.2 Å². The highest BCUT2D eigenvalue weighted by Gasteiger charge is 2.63. The topological polar surface area (TPSA) is 52.5 Å². The van der Waals surface area contributed by atoms with Gasteiger partial charge < -0.3 is 15.5 Å². The predicted molar refractivity (Wildman–Crippen MR) is 39.1 cm³/mol. The van der Waals surface area contributed by atoms with Gasteiger partial charge in [-0.3, -0.25) is 0 Å². The minimum atomic E-state index is -4.26. The van der Waals surface area contributed by atoms with E-state index in [1.54, 1.807) is 0 Å². The molecule has 1 aliphatic carbocycles. The summed E-state index contributed by atoms with van der Waals surface area (Å²) in [5.74, 6) is 0. The monoisotopic (exact) mass is 199 g/mol. The number of β-amino-alcohol motifs (C(OH)–C–C–N with tert-alkyl or cyclic N) is 1. The van der Waals surface area contributed by atoms with Crippen LogP contribution in [0.25, 0.3) is 0 Å². The molecule has 0 bridgehead atoms. The van der Waals surface area contributed by atoms with Gasteiger partial charge in [0.05, 0.1) is 12.7 Å². The van der Waals surface area contributed by atoms with Gasteiger partial charge in [-0.2, -0.15) is 13.2 Å². The van der Waals surface area contributed by atoms with E-state index in [0.29, 0.717) is 0 Å². The Labute approximate surface area is 73.6 Å². The predicted octanol–water partition coefficient (Wildman–Crippen LogP) is 0.0241. The highest BCUT2D eigenvalue weighted by molar-refractivity contribution is 5.07. The smallest absolute Gasteiger partial charge is 0.394 e. The van der Waals surface area contributed by atoms with Gasteiger partial charge in [0.1, 0.15) is 5.54 Å². The molecule has 0 aromatic heterocycles. The van der Waals surface area contributed by atoms with Gasteiger partial charge in [-0.15, -0.1) is 0 Å². The van der Waals surface area contributed by atoms with Crippen LogP contribution >= 0.6 is 0 Å². The molecule has 6 heteroatoms. The second-order valence-electron chi connectivity index (χ2n) is 3.30. The van der Waals surface area contributed by atoms with E-state index >= 15 is 0 Å². The number of alkyl halides is 3. The second kappa shape index (κ2) is 3.43. The molecule has 0 spiro atoms. The van der Waals surface area contributed by atoms with Gasteiger partial charge in [0.2, 0.25) is 0 Å². The van der Waals surface area contributed by atoms with Crippen molar-refractivity contribution in [1.29, 1.82) is 0 Å². The molecule has 0 unspecified atom stereocenters. The van der Waals surface area contributed by atoms with Crippen molar-refractivity contribution in [2.45, 2.75) is 30.7 Å². The first-order valence-electron chi connectivity index (χ1n) is 4.02. The highest BCUT2D eigenvalue weighted by Crippen LogP contribution is 2.48. The fraction of sp³-hybridized carbons (Fsp3) is 1.00. The molecule has 0 amide bonds. The lowest BCUT2D eigenvalue weighted by molar-refractivity contribution is -0.167. The first-order chi connectivity index (χ1) is 5.91. The Morgan fingerprint density at radius 3 is 2.23 bits per heavy atom. The largest absolute Gasteiger partial charge is 0.406 e. The van der Waals surface area contributed by atoms with Crippen LogP contribution in [0, 0.1) is 0 Å². The standard InChI is InChI=1S/C7H12F3NO2/c8-7(9,10)6(1-2-6)11-3-5(13)4-12/h5,11-13H,1-4H2/t5-/m0/s1. The summed E-state index contributed by atoms with van der Waals surface area (Å²) in [6.07, 6.45) is -5.29. The second-order valence-corrected chi connectivity index (χ2v) is 3.30. The number of nitrogens with one attached hydrogen (secondary N) is 1. The molecule has 1 aliphatic rings. The van der Waals surface area contributed by atoms with Crippen LogP contribution < -0.4 is 5.32 Å². The van der Waals surface area contributed by atoms with Crippen molar-refractivity contribution in [3.05, 3.63) is 0 Å². The fourth-order valence-electron chi connectivity index (χ4n) is 1.06. The van der Waals surface area contributed by atoms with E-state index in [1.807, 2.05) is 0 Å². The van der Waals surface area contributed by atoms with Gasteiger partial charge in [-0.1, -0.05) is 0 Å². The lowest BCUT2D eigenvalue weighted by atomic mass is 10.2. The number of halogens is 3. The van der Waals surface area contributed by atoms with Crippen LogP contribution in [-0.4, -0.2) is 41.2 Å². The Morgan fingerprint density at radius 2 is 1.92 bits per heavy atom. The third kappa shape index (κ3) is 2.32. The molecule has 3 nitrogen and oxygen atoms in total. The maximum atomic E-state index is 12.2. The number of aliphatic hydroxyl groups excluding tert-OH is 2. The van der Waals surface area contributed by atoms with Gasteiger partial charge in [0.15, 0.2) is 0 Å². The Hall–Kier alpha value is -0.330. The quantitative estimate of drug-likeness (QED) is 0.598. The summed E-state index contributed by atoms with van der Waals surface area (Å²) in [5, 5.41) is 19.4. The Kier molecular flexibility index (Phi) is 2.84. The molecule has 0 radical (unpaired) electrons. The van der Waals surface area contributed by atoms with E-state index in [2.05, 4.69) is 5.32 Å². The number of hydrogen-bond donors (Lipinski definition) is 3. The average molecular weight is 199 g/mol. The molecule has 78 valence electrons. The molecule has 1 saturated carbocycles. The zero-order chi connectivity index (χ0) is 10.1. The lowest BCUT2D eigenvalue weighted by Crippen LogP contribution is -2.48. The van der Waals surface area contributed by atoms with E-state index < -0.39 is 24.4 Å². The summed E-state index contributed by atoms with van der Waals surface area (Å²) < 4.78 is 36.7. The molecule has 0 aliphatic heterocycles. The molecule has 1 atom stereocenters. The van der Waals surface area contributed by atoms with Crippen molar-refractivity contribution in [3.8, 4) is 0 Å². The van der Waals surface area contributed by atoms with Crippen molar-refractivity contribution >= 4 is 0 Å². The van der Waals surface area contributed by atoms with Gasteiger partial charge in [0.25, 0.3) is 0 Å². The summed E-state index contributed by atoms with van der Waals surface area (Å²) in [5.41, 5.74) is -1.80. The molecule has 1 rings (SSSR count). The summed E-state index contributed by atoms with van der Waals surface area (Å²) in [7, 11) is 0. The minimum Gasteiger partial charge on any atom is -0.394 e. The van der Waals surface area contributed by atoms with Crippen LogP contribution in [-0.2, 0) is 0 Å². The molecule has 13 heavy (non-hydrogen) atoms. The molecule has 0 aromatic rings. The van der Waals surface area contributed by atoms with Crippen molar-refractivity contribution < 1.29 is 23.4 Å². The maximum Gasteiger partial charge on any atom is 0.406 e. The van der Waals surface area contributed by atoms with E-state index in [1.165, 1.54) is 0 Å². The van der Waals surface area contributed by atoms with Crippen LogP contribution in [0.15, 0.2) is 0 Å². The van der Waals surface area contributed by atoms with Crippen LogP contribution in [0.2, 0.25) is 0 Å². The SMILES string of the molecule is OC[C@@H](O)CNC1(C(F)(F)F)CC1. The number of hydrogen-bond acceptors (Lipinski definition) is 3. The van der Waals surface area contributed by atoms with Gasteiger partial charge in [0, 0.05) is 6.54 Å². The fourth-order valence-corrected chi connectivity index (χ4v) is 1.06. The maximum absolute atomic E-state index is 12.2. The molecule has 3 N–H and O–H groups in total. The van der Waals surface area contributed by atoms with Crippen LogP contribution in [0.5, 0.6) is 0 Å². The van der Waals surface area contributed by atoms with Crippen LogP contribution in [0.1, 0.15) is 12.8 Å². The first kappa shape index (κ1) is 10.7. The molecule has 0 aromatic carbocycles. The third-order valence-corrected chi connectivity index (χ3v) is 2.18. The van der Waals surface area contributed by atoms with Crippen molar-refractivity contribution in [3.63, 3.8) is 0 Å². The van der Waals surface area contributed by atoms with Gasteiger partial charge in [-0.25, -0.2) is 0 Å². The van der Waals surface area contributed by atoms with E-state index in [-0.39, 0.29) is 19.4 Å².